The van der Waals surface area contributed by atoms with Gasteiger partial charge in [-0.15, -0.1) is 0 Å². The molecule has 0 spiro atoms. The van der Waals surface area contributed by atoms with Crippen LogP contribution in [0.15, 0.2) is 53.1 Å². The molecule has 1 aromatic heterocycles. The summed E-state index contributed by atoms with van der Waals surface area (Å²) in [5.41, 5.74) is 1.08. The van der Waals surface area contributed by atoms with Gasteiger partial charge in [-0.1, -0.05) is 30.3 Å². The number of nitrogens with zero attached hydrogens (tertiary/aromatic N) is 2. The van der Waals surface area contributed by atoms with E-state index < -0.39 is 0 Å². The summed E-state index contributed by atoms with van der Waals surface area (Å²) in [5, 5.41) is 2.98. The van der Waals surface area contributed by atoms with Crippen molar-refractivity contribution in [3.63, 3.8) is 0 Å². The molecular formula is C20H25N3O3. The molecule has 1 aliphatic heterocycles. The average Bonchev–Trinajstić information content (AvgIpc) is 3.26. The van der Waals surface area contributed by atoms with Crippen molar-refractivity contribution in [2.24, 2.45) is 5.92 Å². The molecular weight excluding hydrogens is 330 g/mol. The molecule has 2 amide bonds. The summed E-state index contributed by atoms with van der Waals surface area (Å²) in [4.78, 5) is 28.6. The monoisotopic (exact) mass is 355 g/mol. The highest BCUT2D eigenvalue weighted by atomic mass is 16.3. The minimum atomic E-state index is -0.300. The fraction of sp³-hybridized carbons (Fsp3) is 0.400. The topological polar surface area (TPSA) is 65.8 Å². The third kappa shape index (κ3) is 4.32. The second kappa shape index (κ2) is 8.19. The third-order valence-corrected chi connectivity index (χ3v) is 4.77. The van der Waals surface area contributed by atoms with Crippen molar-refractivity contribution in [3.05, 3.63) is 60.1 Å². The number of likely N-dealkylation sites (N-methyl/N-ethyl adjacent to an activating group) is 1. The molecule has 138 valence electrons. The maximum Gasteiger partial charge on any atom is 0.225 e. The first-order chi connectivity index (χ1) is 12.5. The molecule has 1 saturated heterocycles. The van der Waals surface area contributed by atoms with Crippen LogP contribution in [0.2, 0.25) is 0 Å². The maximum atomic E-state index is 12.5. The van der Waals surface area contributed by atoms with E-state index in [4.69, 9.17) is 4.42 Å². The van der Waals surface area contributed by atoms with Gasteiger partial charge in [0.2, 0.25) is 11.8 Å². The van der Waals surface area contributed by atoms with Gasteiger partial charge in [-0.2, -0.15) is 0 Å². The average molecular weight is 355 g/mol. The summed E-state index contributed by atoms with van der Waals surface area (Å²) < 4.78 is 5.46. The molecule has 3 rings (SSSR count). The number of hydrogen-bond donors (Lipinski definition) is 1. The molecule has 1 aliphatic rings. The van der Waals surface area contributed by atoms with Crippen LogP contribution in [0.3, 0.4) is 0 Å². The highest BCUT2D eigenvalue weighted by Crippen LogP contribution is 2.22. The molecule has 1 N–H and O–H groups in total. The van der Waals surface area contributed by atoms with Gasteiger partial charge in [0.1, 0.15) is 5.76 Å². The van der Waals surface area contributed by atoms with Crippen LogP contribution in [-0.2, 0) is 16.1 Å². The number of likely N-dealkylation sites (tertiary alicyclic amines) is 1. The van der Waals surface area contributed by atoms with Crippen LogP contribution in [0.1, 0.15) is 23.8 Å². The van der Waals surface area contributed by atoms with Gasteiger partial charge in [-0.25, -0.2) is 0 Å². The molecule has 0 radical (unpaired) electrons. The van der Waals surface area contributed by atoms with E-state index in [1.807, 2.05) is 61.5 Å². The molecule has 0 unspecified atom stereocenters. The Morgan fingerprint density at radius 3 is 2.69 bits per heavy atom. The predicted octanol–water partition coefficient (Wildman–Crippen LogP) is 2.05. The molecule has 6 nitrogen and oxygen atoms in total. The van der Waals surface area contributed by atoms with Gasteiger partial charge in [0.15, 0.2) is 0 Å². The Kier molecular flexibility index (Phi) is 5.73. The van der Waals surface area contributed by atoms with E-state index in [1.165, 1.54) is 0 Å². The minimum absolute atomic E-state index is 0.0317. The number of benzene rings is 1. The minimum Gasteiger partial charge on any atom is -0.468 e. The fourth-order valence-electron chi connectivity index (χ4n) is 3.26. The lowest BCUT2D eigenvalue weighted by Crippen LogP contribution is -2.38. The number of rotatable bonds is 7. The van der Waals surface area contributed by atoms with Gasteiger partial charge in [-0.3, -0.25) is 14.5 Å². The van der Waals surface area contributed by atoms with Gasteiger partial charge in [0.25, 0.3) is 0 Å². The van der Waals surface area contributed by atoms with Crippen LogP contribution in [0.4, 0.5) is 0 Å². The molecule has 6 heteroatoms. The van der Waals surface area contributed by atoms with Gasteiger partial charge < -0.3 is 14.6 Å². The summed E-state index contributed by atoms with van der Waals surface area (Å²) in [7, 11) is 3.89. The summed E-state index contributed by atoms with van der Waals surface area (Å²) in [5.74, 6) is 0.464. The van der Waals surface area contributed by atoms with E-state index in [9.17, 15) is 9.59 Å². The van der Waals surface area contributed by atoms with Gasteiger partial charge in [-0.05, 0) is 31.8 Å². The molecule has 26 heavy (non-hydrogen) atoms. The van der Waals surface area contributed by atoms with Gasteiger partial charge >= 0.3 is 0 Å². The van der Waals surface area contributed by atoms with Crippen LogP contribution in [0.5, 0.6) is 0 Å². The van der Waals surface area contributed by atoms with E-state index in [2.05, 4.69) is 5.32 Å². The maximum absolute atomic E-state index is 12.5. The molecule has 0 saturated carbocycles. The first-order valence-corrected chi connectivity index (χ1v) is 8.84. The van der Waals surface area contributed by atoms with Crippen LogP contribution < -0.4 is 5.32 Å². The summed E-state index contributed by atoms with van der Waals surface area (Å²) >= 11 is 0. The van der Waals surface area contributed by atoms with Crippen LogP contribution >= 0.6 is 0 Å². The normalized spacial score (nSPS) is 18.3. The zero-order valence-electron chi connectivity index (χ0n) is 15.2. The standard InChI is InChI=1S/C20H25N3O3/c1-22(2)17(18-9-6-10-26-18)12-21-20(25)16-11-19(24)23(14-16)13-15-7-4-3-5-8-15/h3-10,16-17H,11-14H2,1-2H3,(H,21,25)/t16-,17+/m0/s1. The second-order valence-corrected chi connectivity index (χ2v) is 6.90. The van der Waals surface area contributed by atoms with Crippen molar-refractivity contribution in [1.82, 2.24) is 15.1 Å². The number of hydrogen-bond acceptors (Lipinski definition) is 4. The summed E-state index contributed by atoms with van der Waals surface area (Å²) in [6, 6.07) is 13.5. The van der Waals surface area contributed by atoms with Crippen LogP contribution in [0, 0.1) is 5.92 Å². The molecule has 0 aliphatic carbocycles. The zero-order chi connectivity index (χ0) is 18.5. The Balaban J connectivity index is 1.54. The highest BCUT2D eigenvalue weighted by Gasteiger charge is 2.34. The lowest BCUT2D eigenvalue weighted by Gasteiger charge is -2.23. The van der Waals surface area contributed by atoms with Crippen molar-refractivity contribution in [2.75, 3.05) is 27.2 Å². The third-order valence-electron chi connectivity index (χ3n) is 4.77. The zero-order valence-corrected chi connectivity index (χ0v) is 15.2. The number of furan rings is 1. The van der Waals surface area contributed by atoms with E-state index in [0.717, 1.165) is 11.3 Å². The number of carbonyl (C=O) groups excluding carboxylic acids is 2. The molecule has 2 aromatic rings. The molecule has 2 heterocycles. The first-order valence-electron chi connectivity index (χ1n) is 8.84. The smallest absolute Gasteiger partial charge is 0.225 e. The first kappa shape index (κ1) is 18.2. The second-order valence-electron chi connectivity index (χ2n) is 6.90. The largest absolute Gasteiger partial charge is 0.468 e. The highest BCUT2D eigenvalue weighted by molar-refractivity contribution is 5.89. The van der Waals surface area contributed by atoms with E-state index in [1.54, 1.807) is 11.2 Å². The number of amides is 2. The van der Waals surface area contributed by atoms with E-state index in [0.29, 0.717) is 19.6 Å². The molecule has 0 bridgehead atoms. The Morgan fingerprint density at radius 1 is 1.27 bits per heavy atom. The Bertz CT molecular complexity index is 728. The Morgan fingerprint density at radius 2 is 2.04 bits per heavy atom. The van der Waals surface area contributed by atoms with Crippen molar-refractivity contribution in [1.29, 1.82) is 0 Å². The molecule has 1 aromatic carbocycles. The van der Waals surface area contributed by atoms with E-state index >= 15 is 0 Å². The van der Waals surface area contributed by atoms with Crippen LogP contribution in [-0.4, -0.2) is 48.8 Å². The van der Waals surface area contributed by atoms with Gasteiger partial charge in [0, 0.05) is 26.1 Å². The lowest BCUT2D eigenvalue weighted by molar-refractivity contribution is -0.129. The van der Waals surface area contributed by atoms with Crippen LogP contribution in [0.25, 0.3) is 0 Å². The lowest BCUT2D eigenvalue weighted by atomic mass is 10.1. The Labute approximate surface area is 153 Å². The van der Waals surface area contributed by atoms with E-state index in [-0.39, 0.29) is 30.2 Å². The van der Waals surface area contributed by atoms with Crippen molar-refractivity contribution in [2.45, 2.75) is 19.0 Å². The number of nitrogens with one attached hydrogen (secondary N) is 1. The summed E-state index contributed by atoms with van der Waals surface area (Å²) in [6.07, 6.45) is 1.90. The van der Waals surface area contributed by atoms with Gasteiger partial charge in [0.05, 0.1) is 18.2 Å². The Hall–Kier alpha value is -2.60. The van der Waals surface area contributed by atoms with Crippen molar-refractivity contribution < 1.29 is 14.0 Å². The van der Waals surface area contributed by atoms with Crippen molar-refractivity contribution >= 4 is 11.8 Å². The number of carbonyl (C=O) groups is 2. The molecule has 1 fully saturated rings. The SMILES string of the molecule is CN(C)[C@H](CNC(=O)[C@H]1CC(=O)N(Cc2ccccc2)C1)c1ccco1. The summed E-state index contributed by atoms with van der Waals surface area (Å²) in [6.45, 7) is 1.46. The van der Waals surface area contributed by atoms with Crippen molar-refractivity contribution in [3.8, 4) is 0 Å². The quantitative estimate of drug-likeness (QED) is 0.825. The molecule has 2 atom stereocenters. The fourth-order valence-corrected chi connectivity index (χ4v) is 3.26. The predicted molar refractivity (Wildman–Crippen MR) is 98.1 cm³/mol.